The van der Waals surface area contributed by atoms with Crippen molar-refractivity contribution in [2.24, 2.45) is 0 Å². The molecule has 4 heterocycles. The van der Waals surface area contributed by atoms with E-state index in [0.717, 1.165) is 5.56 Å². The van der Waals surface area contributed by atoms with Crippen molar-refractivity contribution in [2.45, 2.75) is 6.54 Å². The summed E-state index contributed by atoms with van der Waals surface area (Å²) in [7, 11) is 0. The summed E-state index contributed by atoms with van der Waals surface area (Å²) in [6, 6.07) is 5.65. The van der Waals surface area contributed by atoms with Crippen molar-refractivity contribution in [1.29, 1.82) is 0 Å². The third-order valence-electron chi connectivity index (χ3n) is 4.50. The first-order chi connectivity index (χ1) is 13.8. The zero-order valence-electron chi connectivity index (χ0n) is 15.3. The fourth-order valence-electron chi connectivity index (χ4n) is 2.95. The van der Waals surface area contributed by atoms with Crippen molar-refractivity contribution in [3.05, 3.63) is 66.6 Å². The predicted molar refractivity (Wildman–Crippen MR) is 104 cm³/mol. The van der Waals surface area contributed by atoms with Crippen LogP contribution in [0.2, 0.25) is 0 Å². The molecule has 0 unspecified atom stereocenters. The number of hydrogen-bond donors (Lipinski definition) is 1. The number of carbonyl (C=O) groups excluding carboxylic acids is 1. The second-order valence-corrected chi connectivity index (χ2v) is 6.32. The highest BCUT2D eigenvalue weighted by Gasteiger charge is 2.24. The summed E-state index contributed by atoms with van der Waals surface area (Å²) in [5.74, 6) is 1.21. The maximum atomic E-state index is 12.7. The van der Waals surface area contributed by atoms with Gasteiger partial charge in [0.15, 0.2) is 0 Å². The highest BCUT2D eigenvalue weighted by molar-refractivity contribution is 5.92. The molecule has 0 aromatic carbocycles. The Morgan fingerprint density at radius 3 is 2.36 bits per heavy atom. The van der Waals surface area contributed by atoms with Crippen molar-refractivity contribution in [2.75, 3.05) is 36.4 Å². The first kappa shape index (κ1) is 17.8. The van der Waals surface area contributed by atoms with E-state index in [1.807, 2.05) is 12.1 Å². The van der Waals surface area contributed by atoms with Crippen LogP contribution in [0.1, 0.15) is 16.1 Å². The first-order valence-electron chi connectivity index (χ1n) is 9.06. The summed E-state index contributed by atoms with van der Waals surface area (Å²) in [5, 5.41) is 3.18. The van der Waals surface area contributed by atoms with Crippen LogP contribution in [0.25, 0.3) is 0 Å². The van der Waals surface area contributed by atoms with E-state index in [0.29, 0.717) is 50.2 Å². The molecule has 1 saturated heterocycles. The molecule has 0 atom stereocenters. The van der Waals surface area contributed by atoms with Gasteiger partial charge in [0.05, 0.1) is 12.4 Å². The number of piperazine rings is 1. The molecule has 0 spiro atoms. The van der Waals surface area contributed by atoms with E-state index in [2.05, 4.69) is 35.1 Å². The van der Waals surface area contributed by atoms with Gasteiger partial charge < -0.3 is 15.1 Å². The zero-order chi connectivity index (χ0) is 19.2. The SMILES string of the molecule is O=C(c1cnc(NCc2ccncc2)cn1)N1CCN(c2ncccn2)CC1. The summed E-state index contributed by atoms with van der Waals surface area (Å²) in [6.45, 7) is 3.19. The minimum Gasteiger partial charge on any atom is -0.365 e. The molecule has 1 aliphatic rings. The molecule has 0 saturated carbocycles. The lowest BCUT2D eigenvalue weighted by atomic mass is 10.2. The van der Waals surface area contributed by atoms with Crippen molar-refractivity contribution in [3.8, 4) is 0 Å². The lowest BCUT2D eigenvalue weighted by molar-refractivity contribution is 0.0740. The van der Waals surface area contributed by atoms with Crippen LogP contribution in [0.4, 0.5) is 11.8 Å². The van der Waals surface area contributed by atoms with E-state index >= 15 is 0 Å². The molecule has 142 valence electrons. The molecule has 1 fully saturated rings. The molecule has 3 aromatic heterocycles. The van der Waals surface area contributed by atoms with E-state index in [4.69, 9.17) is 0 Å². The highest BCUT2D eigenvalue weighted by Crippen LogP contribution is 2.12. The summed E-state index contributed by atoms with van der Waals surface area (Å²) < 4.78 is 0. The number of nitrogens with zero attached hydrogens (tertiary/aromatic N) is 7. The molecule has 3 aromatic rings. The summed E-state index contributed by atoms with van der Waals surface area (Å²) in [5.41, 5.74) is 1.44. The van der Waals surface area contributed by atoms with Gasteiger partial charge in [-0.1, -0.05) is 0 Å². The second kappa shape index (κ2) is 8.38. The molecule has 1 amide bonds. The smallest absolute Gasteiger partial charge is 0.274 e. The quantitative estimate of drug-likeness (QED) is 0.710. The minimum atomic E-state index is -0.109. The maximum Gasteiger partial charge on any atom is 0.274 e. The van der Waals surface area contributed by atoms with Gasteiger partial charge in [-0.25, -0.2) is 19.9 Å². The molecule has 28 heavy (non-hydrogen) atoms. The number of aromatic nitrogens is 5. The van der Waals surface area contributed by atoms with Gasteiger partial charge in [0.2, 0.25) is 5.95 Å². The number of nitrogens with one attached hydrogen (secondary N) is 1. The van der Waals surface area contributed by atoms with Crippen LogP contribution in [-0.4, -0.2) is 61.9 Å². The maximum absolute atomic E-state index is 12.7. The van der Waals surface area contributed by atoms with Gasteiger partial charge in [0.25, 0.3) is 5.91 Å². The third kappa shape index (κ3) is 4.20. The van der Waals surface area contributed by atoms with Gasteiger partial charge in [-0.15, -0.1) is 0 Å². The number of rotatable bonds is 5. The molecule has 0 radical (unpaired) electrons. The average Bonchev–Trinajstić information content (AvgIpc) is 2.79. The second-order valence-electron chi connectivity index (χ2n) is 6.32. The molecule has 1 N–H and O–H groups in total. The van der Waals surface area contributed by atoms with Crippen molar-refractivity contribution >= 4 is 17.7 Å². The van der Waals surface area contributed by atoms with Crippen molar-refractivity contribution in [1.82, 2.24) is 29.8 Å². The van der Waals surface area contributed by atoms with Gasteiger partial charge in [0.1, 0.15) is 11.5 Å². The van der Waals surface area contributed by atoms with E-state index in [1.54, 1.807) is 42.0 Å². The topological polar surface area (TPSA) is 100 Å². The summed E-state index contributed by atoms with van der Waals surface area (Å²) in [6.07, 6.45) is 10.0. The predicted octanol–water partition coefficient (Wildman–Crippen LogP) is 1.24. The van der Waals surface area contributed by atoms with Crippen LogP contribution < -0.4 is 10.2 Å². The molecule has 0 aliphatic carbocycles. The number of amides is 1. The lowest BCUT2D eigenvalue weighted by Crippen LogP contribution is -2.49. The van der Waals surface area contributed by atoms with Gasteiger partial charge >= 0.3 is 0 Å². The molecular weight excluding hydrogens is 356 g/mol. The largest absolute Gasteiger partial charge is 0.365 e. The van der Waals surface area contributed by atoms with E-state index in [1.165, 1.54) is 6.20 Å². The Labute approximate surface area is 162 Å². The minimum absolute atomic E-state index is 0.109. The average molecular weight is 376 g/mol. The van der Waals surface area contributed by atoms with Gasteiger partial charge in [-0.2, -0.15) is 0 Å². The molecule has 9 heteroatoms. The molecule has 9 nitrogen and oxygen atoms in total. The van der Waals surface area contributed by atoms with Crippen LogP contribution in [0, 0.1) is 0 Å². The van der Waals surface area contributed by atoms with Crippen LogP contribution in [-0.2, 0) is 6.54 Å². The van der Waals surface area contributed by atoms with E-state index in [9.17, 15) is 4.79 Å². The zero-order valence-corrected chi connectivity index (χ0v) is 15.3. The number of anilines is 2. The van der Waals surface area contributed by atoms with Crippen molar-refractivity contribution < 1.29 is 4.79 Å². The van der Waals surface area contributed by atoms with Crippen LogP contribution in [0.3, 0.4) is 0 Å². The Morgan fingerprint density at radius 2 is 1.68 bits per heavy atom. The van der Waals surface area contributed by atoms with E-state index in [-0.39, 0.29) is 5.91 Å². The molecule has 1 aliphatic heterocycles. The fourth-order valence-corrected chi connectivity index (χ4v) is 2.95. The molecule has 0 bridgehead atoms. The summed E-state index contributed by atoms with van der Waals surface area (Å²) in [4.78, 5) is 37.6. The molecule has 4 rings (SSSR count). The Balaban J connectivity index is 1.31. The standard InChI is InChI=1S/C19H20N8O/c28-18(26-8-10-27(11-9-26)19-21-4-1-5-22-19)16-13-25-17(14-23-16)24-12-15-2-6-20-7-3-15/h1-7,13-14H,8-12H2,(H,24,25). The van der Waals surface area contributed by atoms with Gasteiger partial charge in [0, 0.05) is 57.5 Å². The first-order valence-corrected chi connectivity index (χ1v) is 9.06. The summed E-state index contributed by atoms with van der Waals surface area (Å²) >= 11 is 0. The van der Waals surface area contributed by atoms with Gasteiger partial charge in [-0.05, 0) is 23.8 Å². The number of pyridine rings is 1. The Morgan fingerprint density at radius 1 is 0.929 bits per heavy atom. The van der Waals surface area contributed by atoms with Crippen LogP contribution >= 0.6 is 0 Å². The monoisotopic (exact) mass is 376 g/mol. The van der Waals surface area contributed by atoms with E-state index < -0.39 is 0 Å². The lowest BCUT2D eigenvalue weighted by Gasteiger charge is -2.34. The van der Waals surface area contributed by atoms with Crippen LogP contribution in [0.5, 0.6) is 0 Å². The Kier molecular flexibility index (Phi) is 5.32. The van der Waals surface area contributed by atoms with Crippen molar-refractivity contribution in [3.63, 3.8) is 0 Å². The third-order valence-corrected chi connectivity index (χ3v) is 4.50. The Bertz CT molecular complexity index is 896. The fraction of sp³-hybridized carbons (Fsp3) is 0.263. The molecular formula is C19H20N8O. The van der Waals surface area contributed by atoms with Crippen LogP contribution in [0.15, 0.2) is 55.4 Å². The Hall–Kier alpha value is -3.62. The number of hydrogen-bond acceptors (Lipinski definition) is 8. The highest BCUT2D eigenvalue weighted by atomic mass is 16.2. The van der Waals surface area contributed by atoms with Gasteiger partial charge in [-0.3, -0.25) is 9.78 Å². The normalized spacial score (nSPS) is 14.0. The number of carbonyl (C=O) groups is 1.